The van der Waals surface area contributed by atoms with E-state index in [2.05, 4.69) is 54.8 Å². The average molecular weight is 290 g/mol. The standard InChI is InChI=1S/C18H30N2O/c1-4-21-13-12-19-8-10-20(11-9-19)18-7-5-6-17(15-18)14-16(2)3/h5-7,15-16H,4,8-14H2,1-3H3. The highest BCUT2D eigenvalue weighted by Gasteiger charge is 2.17. The second kappa shape index (κ2) is 8.40. The summed E-state index contributed by atoms with van der Waals surface area (Å²) in [5, 5.41) is 0. The SMILES string of the molecule is CCOCCN1CCN(c2cccc(CC(C)C)c2)CC1. The monoisotopic (exact) mass is 290 g/mol. The molecular formula is C18H30N2O. The summed E-state index contributed by atoms with van der Waals surface area (Å²) in [4.78, 5) is 5.02. The van der Waals surface area contributed by atoms with Crippen molar-refractivity contribution in [2.45, 2.75) is 27.2 Å². The Kier molecular flexibility index (Phi) is 6.52. The summed E-state index contributed by atoms with van der Waals surface area (Å²) in [6.45, 7) is 13.9. The van der Waals surface area contributed by atoms with Gasteiger partial charge in [-0.3, -0.25) is 4.90 Å². The Bertz CT molecular complexity index is 411. The van der Waals surface area contributed by atoms with Crippen LogP contribution in [0.1, 0.15) is 26.3 Å². The molecule has 0 bridgehead atoms. The summed E-state index contributed by atoms with van der Waals surface area (Å²) in [6, 6.07) is 9.08. The third-order valence-corrected chi connectivity index (χ3v) is 4.05. The summed E-state index contributed by atoms with van der Waals surface area (Å²) >= 11 is 0. The predicted molar refractivity (Wildman–Crippen MR) is 90.1 cm³/mol. The molecule has 0 saturated carbocycles. The second-order valence-corrected chi connectivity index (χ2v) is 6.29. The van der Waals surface area contributed by atoms with Crippen molar-refractivity contribution in [1.29, 1.82) is 0 Å². The van der Waals surface area contributed by atoms with Crippen LogP contribution in [0.3, 0.4) is 0 Å². The Morgan fingerprint density at radius 1 is 1.14 bits per heavy atom. The Morgan fingerprint density at radius 3 is 2.57 bits per heavy atom. The van der Waals surface area contributed by atoms with Crippen LogP contribution in [-0.4, -0.2) is 50.8 Å². The topological polar surface area (TPSA) is 15.7 Å². The van der Waals surface area contributed by atoms with Crippen LogP contribution in [0, 0.1) is 5.92 Å². The van der Waals surface area contributed by atoms with Gasteiger partial charge in [0.25, 0.3) is 0 Å². The van der Waals surface area contributed by atoms with E-state index in [1.165, 1.54) is 17.7 Å². The third-order valence-electron chi connectivity index (χ3n) is 4.05. The molecule has 1 heterocycles. The number of hydrogen-bond acceptors (Lipinski definition) is 3. The minimum absolute atomic E-state index is 0.718. The van der Waals surface area contributed by atoms with Gasteiger partial charge in [-0.2, -0.15) is 0 Å². The first kappa shape index (κ1) is 16.3. The highest BCUT2D eigenvalue weighted by atomic mass is 16.5. The first-order valence-electron chi connectivity index (χ1n) is 8.33. The lowest BCUT2D eigenvalue weighted by molar-refractivity contribution is 0.111. The van der Waals surface area contributed by atoms with Gasteiger partial charge in [0.15, 0.2) is 0 Å². The van der Waals surface area contributed by atoms with Gasteiger partial charge in [0, 0.05) is 45.0 Å². The molecule has 1 aromatic rings. The van der Waals surface area contributed by atoms with Crippen LogP contribution in [0.2, 0.25) is 0 Å². The van der Waals surface area contributed by atoms with Crippen LogP contribution in [0.5, 0.6) is 0 Å². The quantitative estimate of drug-likeness (QED) is 0.718. The minimum Gasteiger partial charge on any atom is -0.380 e. The molecule has 118 valence electrons. The van der Waals surface area contributed by atoms with E-state index in [0.29, 0.717) is 0 Å². The number of piperazine rings is 1. The lowest BCUT2D eigenvalue weighted by Gasteiger charge is -2.36. The highest BCUT2D eigenvalue weighted by molar-refractivity contribution is 5.49. The molecule has 0 radical (unpaired) electrons. The van der Waals surface area contributed by atoms with Gasteiger partial charge in [0.1, 0.15) is 0 Å². The van der Waals surface area contributed by atoms with E-state index < -0.39 is 0 Å². The number of anilines is 1. The van der Waals surface area contributed by atoms with Crippen LogP contribution in [0.15, 0.2) is 24.3 Å². The van der Waals surface area contributed by atoms with Crippen LogP contribution in [0.25, 0.3) is 0 Å². The Labute approximate surface area is 129 Å². The van der Waals surface area contributed by atoms with Crippen molar-refractivity contribution in [2.24, 2.45) is 5.92 Å². The molecule has 0 N–H and O–H groups in total. The van der Waals surface area contributed by atoms with E-state index in [4.69, 9.17) is 4.74 Å². The molecule has 1 aliphatic rings. The van der Waals surface area contributed by atoms with Gasteiger partial charge in [-0.1, -0.05) is 26.0 Å². The van der Waals surface area contributed by atoms with Crippen molar-refractivity contribution in [2.75, 3.05) is 50.8 Å². The fraction of sp³-hybridized carbons (Fsp3) is 0.667. The third kappa shape index (κ3) is 5.33. The van der Waals surface area contributed by atoms with Crippen LogP contribution in [0.4, 0.5) is 5.69 Å². The number of ether oxygens (including phenoxy) is 1. The summed E-state index contributed by atoms with van der Waals surface area (Å²) in [6.07, 6.45) is 1.17. The maximum atomic E-state index is 5.45. The Hall–Kier alpha value is -1.06. The molecule has 0 aliphatic carbocycles. The maximum Gasteiger partial charge on any atom is 0.0593 e. The van der Waals surface area contributed by atoms with E-state index in [0.717, 1.165) is 51.9 Å². The normalized spacial score (nSPS) is 16.7. The van der Waals surface area contributed by atoms with Crippen molar-refractivity contribution in [1.82, 2.24) is 4.90 Å². The van der Waals surface area contributed by atoms with Gasteiger partial charge in [-0.05, 0) is 37.0 Å². The van der Waals surface area contributed by atoms with E-state index in [1.807, 2.05) is 0 Å². The maximum absolute atomic E-state index is 5.45. The van der Waals surface area contributed by atoms with Crippen LogP contribution >= 0.6 is 0 Å². The van der Waals surface area contributed by atoms with E-state index in [9.17, 15) is 0 Å². The average Bonchev–Trinajstić information content (AvgIpc) is 2.48. The van der Waals surface area contributed by atoms with E-state index in [1.54, 1.807) is 0 Å². The Balaban J connectivity index is 1.84. The summed E-state index contributed by atoms with van der Waals surface area (Å²) in [5.74, 6) is 0.718. The van der Waals surface area contributed by atoms with Gasteiger partial charge >= 0.3 is 0 Å². The molecule has 3 heteroatoms. The summed E-state index contributed by atoms with van der Waals surface area (Å²) in [5.41, 5.74) is 2.85. The molecule has 21 heavy (non-hydrogen) atoms. The van der Waals surface area contributed by atoms with Crippen molar-refractivity contribution in [3.05, 3.63) is 29.8 Å². The fourth-order valence-corrected chi connectivity index (χ4v) is 2.92. The molecule has 0 aromatic heterocycles. The predicted octanol–water partition coefficient (Wildman–Crippen LogP) is 3.04. The molecule has 0 unspecified atom stereocenters. The smallest absolute Gasteiger partial charge is 0.0593 e. The molecule has 3 nitrogen and oxygen atoms in total. The number of nitrogens with zero attached hydrogens (tertiary/aromatic N) is 2. The molecule has 1 saturated heterocycles. The number of benzene rings is 1. The molecule has 0 amide bonds. The van der Waals surface area contributed by atoms with Crippen molar-refractivity contribution in [3.8, 4) is 0 Å². The summed E-state index contributed by atoms with van der Waals surface area (Å²) in [7, 11) is 0. The van der Waals surface area contributed by atoms with E-state index in [-0.39, 0.29) is 0 Å². The van der Waals surface area contributed by atoms with Gasteiger partial charge in [0.05, 0.1) is 6.61 Å². The molecule has 1 fully saturated rings. The molecular weight excluding hydrogens is 260 g/mol. The van der Waals surface area contributed by atoms with Gasteiger partial charge < -0.3 is 9.64 Å². The van der Waals surface area contributed by atoms with Crippen LogP contribution in [-0.2, 0) is 11.2 Å². The van der Waals surface area contributed by atoms with Gasteiger partial charge in [-0.15, -0.1) is 0 Å². The lowest BCUT2D eigenvalue weighted by Crippen LogP contribution is -2.47. The van der Waals surface area contributed by atoms with Crippen molar-refractivity contribution >= 4 is 5.69 Å². The van der Waals surface area contributed by atoms with Gasteiger partial charge in [-0.25, -0.2) is 0 Å². The molecule has 1 aromatic carbocycles. The molecule has 0 spiro atoms. The number of hydrogen-bond donors (Lipinski definition) is 0. The van der Waals surface area contributed by atoms with Crippen molar-refractivity contribution in [3.63, 3.8) is 0 Å². The van der Waals surface area contributed by atoms with Gasteiger partial charge in [0.2, 0.25) is 0 Å². The molecule has 2 rings (SSSR count). The minimum atomic E-state index is 0.718. The van der Waals surface area contributed by atoms with Crippen LogP contribution < -0.4 is 4.90 Å². The molecule has 0 atom stereocenters. The zero-order valence-electron chi connectivity index (χ0n) is 13.8. The first-order valence-corrected chi connectivity index (χ1v) is 8.33. The van der Waals surface area contributed by atoms with E-state index >= 15 is 0 Å². The molecule has 1 aliphatic heterocycles. The largest absolute Gasteiger partial charge is 0.380 e. The lowest BCUT2D eigenvalue weighted by atomic mass is 10.0. The Morgan fingerprint density at radius 2 is 1.90 bits per heavy atom. The zero-order valence-corrected chi connectivity index (χ0v) is 13.8. The highest BCUT2D eigenvalue weighted by Crippen LogP contribution is 2.19. The fourth-order valence-electron chi connectivity index (χ4n) is 2.92. The van der Waals surface area contributed by atoms with Crippen molar-refractivity contribution < 1.29 is 4.74 Å². The second-order valence-electron chi connectivity index (χ2n) is 6.29. The summed E-state index contributed by atoms with van der Waals surface area (Å²) < 4.78 is 5.45. The first-order chi connectivity index (χ1) is 10.2. The zero-order chi connectivity index (χ0) is 15.1. The number of rotatable bonds is 7.